The summed E-state index contributed by atoms with van der Waals surface area (Å²) in [7, 11) is 0. The molecule has 0 fully saturated rings. The molecule has 2 heteroatoms. The lowest BCUT2D eigenvalue weighted by molar-refractivity contribution is -0.118. The third-order valence-electron chi connectivity index (χ3n) is 1.40. The van der Waals surface area contributed by atoms with Crippen molar-refractivity contribution in [2.75, 3.05) is 0 Å². The highest BCUT2D eigenvalue weighted by Gasteiger charge is 1.97. The zero-order valence-electron chi connectivity index (χ0n) is 6.71. The van der Waals surface area contributed by atoms with E-state index in [1.807, 2.05) is 0 Å². The van der Waals surface area contributed by atoms with Crippen molar-refractivity contribution >= 4 is 12.1 Å². The maximum atomic E-state index is 10.8. The van der Waals surface area contributed by atoms with Crippen LogP contribution in [0, 0.1) is 0 Å². The molecule has 0 heterocycles. The molecular formula is C9H14O2. The van der Waals surface area contributed by atoms with E-state index in [2.05, 4.69) is 6.58 Å². The van der Waals surface area contributed by atoms with Gasteiger partial charge in [-0.25, -0.2) is 0 Å². The number of carbonyl (C=O) groups excluding carboxylic acids is 2. The minimum Gasteiger partial charge on any atom is -0.303 e. The number of ketones is 1. The predicted octanol–water partition coefficient (Wildman–Crippen LogP) is 1.89. The van der Waals surface area contributed by atoms with Crippen molar-refractivity contribution in [3.8, 4) is 0 Å². The molecule has 0 aliphatic heterocycles. The number of aldehydes is 1. The zero-order valence-corrected chi connectivity index (χ0v) is 6.71. The molecule has 11 heavy (non-hydrogen) atoms. The molecule has 0 aromatic carbocycles. The van der Waals surface area contributed by atoms with Crippen LogP contribution in [0.3, 0.4) is 0 Å². The number of hydrogen-bond donors (Lipinski definition) is 0. The number of hydrogen-bond acceptors (Lipinski definition) is 2. The molecule has 0 aromatic rings. The third-order valence-corrected chi connectivity index (χ3v) is 1.40. The first-order valence-electron chi connectivity index (χ1n) is 3.87. The Labute approximate surface area is 67.3 Å². The van der Waals surface area contributed by atoms with Gasteiger partial charge in [0.1, 0.15) is 12.1 Å². The van der Waals surface area contributed by atoms with Crippen LogP contribution in [0.15, 0.2) is 12.7 Å². The summed E-state index contributed by atoms with van der Waals surface area (Å²) in [5.74, 6) is 0.214. The molecule has 0 N–H and O–H groups in total. The summed E-state index contributed by atoms with van der Waals surface area (Å²) in [6.07, 6.45) is 5.76. The molecule has 0 radical (unpaired) electrons. The average Bonchev–Trinajstić information content (AvgIpc) is 1.99. The van der Waals surface area contributed by atoms with Gasteiger partial charge in [-0.1, -0.05) is 6.08 Å². The molecule has 0 spiro atoms. The third kappa shape index (κ3) is 6.97. The molecule has 62 valence electrons. The van der Waals surface area contributed by atoms with E-state index in [0.29, 0.717) is 19.3 Å². The second-order valence-corrected chi connectivity index (χ2v) is 2.44. The van der Waals surface area contributed by atoms with Gasteiger partial charge < -0.3 is 4.79 Å². The predicted molar refractivity (Wildman–Crippen MR) is 44.4 cm³/mol. The second-order valence-electron chi connectivity index (χ2n) is 2.44. The van der Waals surface area contributed by atoms with Gasteiger partial charge in [0.15, 0.2) is 0 Å². The van der Waals surface area contributed by atoms with E-state index in [4.69, 9.17) is 0 Å². The van der Waals surface area contributed by atoms with Gasteiger partial charge in [-0.15, -0.1) is 6.58 Å². The van der Waals surface area contributed by atoms with Gasteiger partial charge in [0, 0.05) is 19.3 Å². The minimum absolute atomic E-state index is 0.214. The lowest BCUT2D eigenvalue weighted by Crippen LogP contribution is -1.94. The van der Waals surface area contributed by atoms with E-state index < -0.39 is 0 Å². The molecule has 0 aromatic heterocycles. The number of carbonyl (C=O) groups is 2. The molecule has 0 amide bonds. The van der Waals surface area contributed by atoms with Gasteiger partial charge in [-0.05, 0) is 12.8 Å². The topological polar surface area (TPSA) is 34.1 Å². The lowest BCUT2D eigenvalue weighted by atomic mass is 10.1. The van der Waals surface area contributed by atoms with Crippen molar-refractivity contribution in [2.24, 2.45) is 0 Å². The normalized spacial score (nSPS) is 9.09. The van der Waals surface area contributed by atoms with Crippen LogP contribution in [0.5, 0.6) is 0 Å². The van der Waals surface area contributed by atoms with Crippen LogP contribution >= 0.6 is 0 Å². The quantitative estimate of drug-likeness (QED) is 0.319. The molecule has 2 nitrogen and oxygen atoms in total. The highest BCUT2D eigenvalue weighted by molar-refractivity contribution is 5.79. The van der Waals surface area contributed by atoms with Gasteiger partial charge in [-0.3, -0.25) is 4.79 Å². The summed E-state index contributed by atoms with van der Waals surface area (Å²) in [4.78, 5) is 20.7. The van der Waals surface area contributed by atoms with Crippen LogP contribution in [-0.2, 0) is 9.59 Å². The number of unbranched alkanes of at least 4 members (excludes halogenated alkanes) is 2. The van der Waals surface area contributed by atoms with Gasteiger partial charge >= 0.3 is 0 Å². The Balaban J connectivity index is 3.16. The molecule has 0 aliphatic carbocycles. The SMILES string of the molecule is C=CCC(=O)CCCCC=O. The van der Waals surface area contributed by atoms with Crippen molar-refractivity contribution in [1.29, 1.82) is 0 Å². The molecule has 0 rings (SSSR count). The summed E-state index contributed by atoms with van der Waals surface area (Å²) in [5.41, 5.74) is 0. The van der Waals surface area contributed by atoms with Crippen molar-refractivity contribution in [3.63, 3.8) is 0 Å². The van der Waals surface area contributed by atoms with E-state index in [-0.39, 0.29) is 5.78 Å². The van der Waals surface area contributed by atoms with Gasteiger partial charge in [0.05, 0.1) is 0 Å². The van der Waals surface area contributed by atoms with E-state index in [1.165, 1.54) is 0 Å². The highest BCUT2D eigenvalue weighted by atomic mass is 16.1. The maximum absolute atomic E-state index is 10.8. The maximum Gasteiger partial charge on any atom is 0.136 e. The van der Waals surface area contributed by atoms with Crippen LogP contribution < -0.4 is 0 Å². The molecule has 0 unspecified atom stereocenters. The highest BCUT2D eigenvalue weighted by Crippen LogP contribution is 2.00. The number of Topliss-reactive ketones (excluding diaryl/α,β-unsaturated/α-hetero) is 1. The minimum atomic E-state index is 0.214. The van der Waals surface area contributed by atoms with E-state index in [1.54, 1.807) is 6.08 Å². The number of allylic oxidation sites excluding steroid dienone is 1. The van der Waals surface area contributed by atoms with Gasteiger partial charge in [0.25, 0.3) is 0 Å². The summed E-state index contributed by atoms with van der Waals surface area (Å²) in [6, 6.07) is 0. The first-order valence-corrected chi connectivity index (χ1v) is 3.87. The van der Waals surface area contributed by atoms with Crippen molar-refractivity contribution < 1.29 is 9.59 Å². The number of rotatable bonds is 7. The van der Waals surface area contributed by atoms with Crippen LogP contribution in [-0.4, -0.2) is 12.1 Å². The summed E-state index contributed by atoms with van der Waals surface area (Å²) in [6.45, 7) is 3.47. The Kier molecular flexibility index (Phi) is 6.59. The summed E-state index contributed by atoms with van der Waals surface area (Å²) < 4.78 is 0. The van der Waals surface area contributed by atoms with Gasteiger partial charge in [0.2, 0.25) is 0 Å². The fourth-order valence-electron chi connectivity index (χ4n) is 0.813. The Bertz CT molecular complexity index is 138. The monoisotopic (exact) mass is 154 g/mol. The van der Waals surface area contributed by atoms with Crippen molar-refractivity contribution in [1.82, 2.24) is 0 Å². The Morgan fingerprint density at radius 1 is 1.36 bits per heavy atom. The zero-order chi connectivity index (χ0) is 8.53. The fourth-order valence-corrected chi connectivity index (χ4v) is 0.813. The van der Waals surface area contributed by atoms with Gasteiger partial charge in [-0.2, -0.15) is 0 Å². The molecule has 0 saturated heterocycles. The Morgan fingerprint density at radius 3 is 2.64 bits per heavy atom. The lowest BCUT2D eigenvalue weighted by Gasteiger charge is -1.94. The van der Waals surface area contributed by atoms with Crippen LogP contribution in [0.2, 0.25) is 0 Å². The molecular weight excluding hydrogens is 140 g/mol. The molecule has 0 aliphatic rings. The Hall–Kier alpha value is -0.920. The summed E-state index contributed by atoms with van der Waals surface area (Å²) >= 11 is 0. The van der Waals surface area contributed by atoms with Crippen LogP contribution in [0.1, 0.15) is 32.1 Å². The van der Waals surface area contributed by atoms with E-state index in [0.717, 1.165) is 19.1 Å². The average molecular weight is 154 g/mol. The molecule has 0 atom stereocenters. The second kappa shape index (κ2) is 7.19. The first kappa shape index (κ1) is 10.1. The first-order chi connectivity index (χ1) is 5.31. The molecule has 0 bridgehead atoms. The van der Waals surface area contributed by atoms with Crippen LogP contribution in [0.25, 0.3) is 0 Å². The largest absolute Gasteiger partial charge is 0.303 e. The van der Waals surface area contributed by atoms with E-state index in [9.17, 15) is 9.59 Å². The standard InChI is InChI=1S/C9H14O2/c1-2-6-9(11)7-4-3-5-8-10/h2,8H,1,3-7H2. The summed E-state index contributed by atoms with van der Waals surface area (Å²) in [5, 5.41) is 0. The molecule has 0 saturated carbocycles. The van der Waals surface area contributed by atoms with Crippen molar-refractivity contribution in [2.45, 2.75) is 32.1 Å². The van der Waals surface area contributed by atoms with Crippen LogP contribution in [0.4, 0.5) is 0 Å². The van der Waals surface area contributed by atoms with Crippen molar-refractivity contribution in [3.05, 3.63) is 12.7 Å². The van der Waals surface area contributed by atoms with E-state index >= 15 is 0 Å². The Morgan fingerprint density at radius 2 is 2.09 bits per heavy atom. The fraction of sp³-hybridized carbons (Fsp3) is 0.556. The smallest absolute Gasteiger partial charge is 0.136 e.